The van der Waals surface area contributed by atoms with Crippen LogP contribution in [0.1, 0.15) is 23.0 Å². The third-order valence-corrected chi connectivity index (χ3v) is 2.72. The molecule has 0 spiro atoms. The Kier molecular flexibility index (Phi) is 3.32. The molecule has 2 N–H and O–H groups in total. The van der Waals surface area contributed by atoms with Crippen LogP contribution in [-0.4, -0.2) is 22.9 Å². The van der Waals surface area contributed by atoms with E-state index in [-0.39, 0.29) is 5.97 Å². The molecule has 0 amide bonds. The molecule has 5 heteroatoms. The molecule has 1 aromatic heterocycles. The molecule has 2 rings (SSSR count). The predicted molar refractivity (Wildman–Crippen MR) is 68.7 cm³/mol. The highest BCUT2D eigenvalue weighted by Gasteiger charge is 2.17. The molecule has 0 bridgehead atoms. The second-order valence-corrected chi connectivity index (χ2v) is 3.86. The lowest BCUT2D eigenvalue weighted by molar-refractivity contribution is 0.0599. The van der Waals surface area contributed by atoms with Crippen LogP contribution in [0.3, 0.4) is 0 Å². The Morgan fingerprint density at radius 3 is 2.89 bits per heavy atom. The molecule has 94 valence electrons. The SMILES string of the molecule is CCc1c(C(=O)OC)cnn1-c1cccc(N)c1. The Balaban J connectivity index is 2.52. The quantitative estimate of drug-likeness (QED) is 0.661. The molecular formula is C13H15N3O2. The summed E-state index contributed by atoms with van der Waals surface area (Å²) in [5.41, 5.74) is 8.54. The van der Waals surface area contributed by atoms with Gasteiger partial charge < -0.3 is 10.5 Å². The predicted octanol–water partition coefficient (Wildman–Crippen LogP) is 1.80. The number of esters is 1. The van der Waals surface area contributed by atoms with Gasteiger partial charge in [-0.05, 0) is 24.6 Å². The summed E-state index contributed by atoms with van der Waals surface area (Å²) in [5.74, 6) is -0.373. The summed E-state index contributed by atoms with van der Waals surface area (Å²) < 4.78 is 6.45. The zero-order valence-electron chi connectivity index (χ0n) is 10.4. The van der Waals surface area contributed by atoms with Gasteiger partial charge in [0.05, 0.1) is 24.7 Å². The van der Waals surface area contributed by atoms with E-state index in [2.05, 4.69) is 5.10 Å². The fourth-order valence-electron chi connectivity index (χ4n) is 1.87. The molecule has 0 aliphatic rings. The number of aromatic nitrogens is 2. The van der Waals surface area contributed by atoms with Gasteiger partial charge in [-0.15, -0.1) is 0 Å². The fraction of sp³-hybridized carbons (Fsp3) is 0.231. The molecule has 0 unspecified atom stereocenters. The van der Waals surface area contributed by atoms with Crippen molar-refractivity contribution in [3.63, 3.8) is 0 Å². The highest BCUT2D eigenvalue weighted by molar-refractivity contribution is 5.90. The van der Waals surface area contributed by atoms with Gasteiger partial charge in [-0.25, -0.2) is 9.48 Å². The Morgan fingerprint density at radius 2 is 2.28 bits per heavy atom. The number of nitrogens with zero attached hydrogens (tertiary/aromatic N) is 2. The average Bonchev–Trinajstić information content (AvgIpc) is 2.81. The molecule has 18 heavy (non-hydrogen) atoms. The molecular weight excluding hydrogens is 230 g/mol. The third kappa shape index (κ3) is 2.07. The summed E-state index contributed by atoms with van der Waals surface area (Å²) in [6, 6.07) is 7.36. The van der Waals surface area contributed by atoms with Crippen molar-refractivity contribution in [2.45, 2.75) is 13.3 Å². The number of nitrogens with two attached hydrogens (primary N) is 1. The maximum atomic E-state index is 11.6. The zero-order chi connectivity index (χ0) is 13.1. The first-order valence-corrected chi connectivity index (χ1v) is 5.68. The van der Waals surface area contributed by atoms with Gasteiger partial charge in [0, 0.05) is 5.69 Å². The van der Waals surface area contributed by atoms with Gasteiger partial charge in [-0.1, -0.05) is 13.0 Å². The normalized spacial score (nSPS) is 10.3. The van der Waals surface area contributed by atoms with Gasteiger partial charge in [0.25, 0.3) is 0 Å². The Hall–Kier alpha value is -2.30. The van der Waals surface area contributed by atoms with Gasteiger partial charge in [0.15, 0.2) is 0 Å². The molecule has 5 nitrogen and oxygen atoms in total. The van der Waals surface area contributed by atoms with Gasteiger partial charge in [0.2, 0.25) is 0 Å². The first-order valence-electron chi connectivity index (χ1n) is 5.68. The molecule has 0 saturated carbocycles. The van der Waals surface area contributed by atoms with E-state index < -0.39 is 0 Å². The Morgan fingerprint density at radius 1 is 1.50 bits per heavy atom. The standard InChI is InChI=1S/C13H15N3O2/c1-3-12-11(13(17)18-2)8-15-16(12)10-6-4-5-9(14)7-10/h4-8H,3,14H2,1-2H3. The summed E-state index contributed by atoms with van der Waals surface area (Å²) in [5, 5.41) is 4.23. The van der Waals surface area contributed by atoms with Crippen molar-refractivity contribution in [2.75, 3.05) is 12.8 Å². The van der Waals surface area contributed by atoms with Crippen molar-refractivity contribution in [3.05, 3.63) is 41.7 Å². The molecule has 0 radical (unpaired) electrons. The number of ether oxygens (including phenoxy) is 1. The van der Waals surface area contributed by atoms with E-state index in [0.29, 0.717) is 17.7 Å². The van der Waals surface area contributed by atoms with Crippen molar-refractivity contribution in [1.29, 1.82) is 0 Å². The monoisotopic (exact) mass is 245 g/mol. The molecule has 0 aliphatic heterocycles. The molecule has 0 atom stereocenters. The molecule has 2 aromatic rings. The van der Waals surface area contributed by atoms with Gasteiger partial charge in [-0.3, -0.25) is 0 Å². The fourth-order valence-corrected chi connectivity index (χ4v) is 1.87. The average molecular weight is 245 g/mol. The second kappa shape index (κ2) is 4.91. The van der Waals surface area contributed by atoms with Crippen LogP contribution in [0.4, 0.5) is 5.69 Å². The third-order valence-electron chi connectivity index (χ3n) is 2.72. The van der Waals surface area contributed by atoms with E-state index >= 15 is 0 Å². The second-order valence-electron chi connectivity index (χ2n) is 3.86. The summed E-state index contributed by atoms with van der Waals surface area (Å²) in [4.78, 5) is 11.6. The van der Waals surface area contributed by atoms with Crippen LogP contribution in [0.5, 0.6) is 0 Å². The van der Waals surface area contributed by atoms with E-state index in [9.17, 15) is 4.79 Å². The first-order chi connectivity index (χ1) is 8.67. The number of hydrogen-bond acceptors (Lipinski definition) is 4. The van der Waals surface area contributed by atoms with Crippen LogP contribution in [0, 0.1) is 0 Å². The highest BCUT2D eigenvalue weighted by atomic mass is 16.5. The summed E-state index contributed by atoms with van der Waals surface area (Å²) in [6.45, 7) is 1.96. The van der Waals surface area contributed by atoms with Crippen LogP contribution in [-0.2, 0) is 11.2 Å². The van der Waals surface area contributed by atoms with Gasteiger partial charge in [0.1, 0.15) is 5.56 Å². The van der Waals surface area contributed by atoms with Crippen LogP contribution < -0.4 is 5.73 Å². The number of hydrogen-bond donors (Lipinski definition) is 1. The maximum absolute atomic E-state index is 11.6. The minimum atomic E-state index is -0.373. The number of carbonyl (C=O) groups is 1. The van der Waals surface area contributed by atoms with E-state index in [1.807, 2.05) is 25.1 Å². The highest BCUT2D eigenvalue weighted by Crippen LogP contribution is 2.18. The van der Waals surface area contributed by atoms with Crippen LogP contribution in [0.2, 0.25) is 0 Å². The van der Waals surface area contributed by atoms with Crippen LogP contribution >= 0.6 is 0 Å². The van der Waals surface area contributed by atoms with E-state index in [4.69, 9.17) is 10.5 Å². The number of methoxy groups -OCH3 is 1. The number of benzene rings is 1. The van der Waals surface area contributed by atoms with E-state index in [1.54, 1.807) is 10.7 Å². The molecule has 0 saturated heterocycles. The summed E-state index contributed by atoms with van der Waals surface area (Å²) in [7, 11) is 1.36. The van der Waals surface area contributed by atoms with Crippen LogP contribution in [0.15, 0.2) is 30.5 Å². The first kappa shape index (κ1) is 12.2. The maximum Gasteiger partial charge on any atom is 0.341 e. The van der Waals surface area contributed by atoms with Crippen molar-refractivity contribution < 1.29 is 9.53 Å². The number of carbonyl (C=O) groups excluding carboxylic acids is 1. The summed E-state index contributed by atoms with van der Waals surface area (Å²) in [6.07, 6.45) is 2.20. The lowest BCUT2D eigenvalue weighted by Crippen LogP contribution is -2.07. The van der Waals surface area contributed by atoms with Crippen molar-refractivity contribution in [1.82, 2.24) is 9.78 Å². The molecule has 0 fully saturated rings. The zero-order valence-corrected chi connectivity index (χ0v) is 10.4. The number of rotatable bonds is 3. The van der Waals surface area contributed by atoms with Gasteiger partial charge in [-0.2, -0.15) is 5.10 Å². The molecule has 1 aromatic carbocycles. The van der Waals surface area contributed by atoms with E-state index in [1.165, 1.54) is 13.3 Å². The smallest absolute Gasteiger partial charge is 0.341 e. The lowest BCUT2D eigenvalue weighted by Gasteiger charge is -2.07. The Labute approximate surface area is 105 Å². The van der Waals surface area contributed by atoms with Crippen molar-refractivity contribution >= 4 is 11.7 Å². The lowest BCUT2D eigenvalue weighted by atomic mass is 10.2. The summed E-state index contributed by atoms with van der Waals surface area (Å²) >= 11 is 0. The largest absolute Gasteiger partial charge is 0.465 e. The van der Waals surface area contributed by atoms with Gasteiger partial charge >= 0.3 is 5.97 Å². The van der Waals surface area contributed by atoms with Crippen molar-refractivity contribution in [2.24, 2.45) is 0 Å². The minimum absolute atomic E-state index is 0.373. The molecule has 0 aliphatic carbocycles. The topological polar surface area (TPSA) is 70.1 Å². The number of anilines is 1. The van der Waals surface area contributed by atoms with Crippen LogP contribution in [0.25, 0.3) is 5.69 Å². The Bertz CT molecular complexity index is 575. The van der Waals surface area contributed by atoms with E-state index in [0.717, 1.165) is 11.4 Å². The number of nitrogen functional groups attached to an aromatic ring is 1. The minimum Gasteiger partial charge on any atom is -0.465 e. The van der Waals surface area contributed by atoms with Crippen molar-refractivity contribution in [3.8, 4) is 5.69 Å². The molecule has 1 heterocycles.